The highest BCUT2D eigenvalue weighted by Crippen LogP contribution is 2.23. The fourth-order valence-corrected chi connectivity index (χ4v) is 2.54. The third-order valence-corrected chi connectivity index (χ3v) is 4.80. The Kier molecular flexibility index (Phi) is 4.12. The molecule has 2 rings (SSSR count). The molecule has 5 heteroatoms. The molecule has 1 aromatic carbocycles. The van der Waals surface area contributed by atoms with Crippen molar-refractivity contribution in [3.63, 3.8) is 0 Å². The predicted octanol–water partition coefficient (Wildman–Crippen LogP) is 4.17. The van der Waals surface area contributed by atoms with Gasteiger partial charge in [-0.2, -0.15) is 5.10 Å². The van der Waals surface area contributed by atoms with Gasteiger partial charge in [0.1, 0.15) is 0 Å². The van der Waals surface area contributed by atoms with Crippen LogP contribution in [-0.4, -0.2) is 9.78 Å². The monoisotopic (exact) mass is 371 g/mol. The van der Waals surface area contributed by atoms with Gasteiger partial charge in [0.15, 0.2) is 0 Å². The molecule has 96 valence electrons. The highest BCUT2D eigenvalue weighted by atomic mass is 79.9. The van der Waals surface area contributed by atoms with E-state index in [0.717, 1.165) is 32.6 Å². The second-order valence-electron chi connectivity index (χ2n) is 4.29. The van der Waals surface area contributed by atoms with Gasteiger partial charge in [-0.15, -0.1) is 0 Å². The van der Waals surface area contributed by atoms with Crippen molar-refractivity contribution >= 4 is 37.5 Å². The summed E-state index contributed by atoms with van der Waals surface area (Å²) in [6.07, 6.45) is 0. The molecule has 0 aliphatic rings. The van der Waals surface area contributed by atoms with E-state index in [1.807, 2.05) is 18.7 Å². The van der Waals surface area contributed by atoms with Crippen LogP contribution >= 0.6 is 31.9 Å². The maximum atomic E-state index is 4.38. The molecule has 0 unspecified atom stereocenters. The Morgan fingerprint density at radius 1 is 1.28 bits per heavy atom. The van der Waals surface area contributed by atoms with Crippen LogP contribution in [0.25, 0.3) is 0 Å². The van der Waals surface area contributed by atoms with E-state index in [4.69, 9.17) is 0 Å². The largest absolute Gasteiger partial charge is 0.379 e. The first-order valence-corrected chi connectivity index (χ1v) is 7.25. The van der Waals surface area contributed by atoms with Gasteiger partial charge in [0, 0.05) is 17.2 Å². The van der Waals surface area contributed by atoms with Crippen LogP contribution < -0.4 is 5.32 Å². The molecule has 3 nitrogen and oxygen atoms in total. The molecule has 1 heterocycles. The van der Waals surface area contributed by atoms with Crippen molar-refractivity contribution in [1.29, 1.82) is 0 Å². The second kappa shape index (κ2) is 5.45. The summed E-state index contributed by atoms with van der Waals surface area (Å²) in [5.41, 5.74) is 4.50. The van der Waals surface area contributed by atoms with Crippen molar-refractivity contribution in [3.8, 4) is 0 Å². The molecule has 0 aliphatic heterocycles. The minimum Gasteiger partial charge on any atom is -0.379 e. The number of halogens is 2. The minimum absolute atomic E-state index is 0.749. The molecule has 18 heavy (non-hydrogen) atoms. The fraction of sp³-hybridized carbons (Fsp3) is 0.308. The number of anilines is 1. The van der Waals surface area contributed by atoms with Gasteiger partial charge in [-0.25, -0.2) is 0 Å². The fourth-order valence-electron chi connectivity index (χ4n) is 1.81. The normalized spacial score (nSPS) is 10.7. The molecule has 0 saturated carbocycles. The lowest BCUT2D eigenvalue weighted by atomic mass is 10.2. The Hall–Kier alpha value is -0.810. The van der Waals surface area contributed by atoms with Crippen LogP contribution in [0.4, 0.5) is 5.69 Å². The summed E-state index contributed by atoms with van der Waals surface area (Å²) < 4.78 is 4.11. The zero-order valence-corrected chi connectivity index (χ0v) is 13.8. The Balaban J connectivity index is 2.14. The highest BCUT2D eigenvalue weighted by Gasteiger charge is 2.10. The van der Waals surface area contributed by atoms with Crippen molar-refractivity contribution in [2.45, 2.75) is 20.4 Å². The van der Waals surface area contributed by atoms with Crippen LogP contribution in [0.3, 0.4) is 0 Å². The van der Waals surface area contributed by atoms with Gasteiger partial charge in [-0.05, 0) is 53.5 Å². The number of hydrogen-bond donors (Lipinski definition) is 1. The van der Waals surface area contributed by atoms with E-state index >= 15 is 0 Å². The zero-order chi connectivity index (χ0) is 13.3. The lowest BCUT2D eigenvalue weighted by Crippen LogP contribution is -2.06. The topological polar surface area (TPSA) is 29.9 Å². The molecule has 0 bridgehead atoms. The molecule has 1 aromatic heterocycles. The van der Waals surface area contributed by atoms with Gasteiger partial charge >= 0.3 is 0 Å². The van der Waals surface area contributed by atoms with Gasteiger partial charge in [0.2, 0.25) is 0 Å². The number of benzene rings is 1. The van der Waals surface area contributed by atoms with E-state index < -0.39 is 0 Å². The summed E-state index contributed by atoms with van der Waals surface area (Å²) in [6.45, 7) is 4.83. The maximum absolute atomic E-state index is 4.38. The summed E-state index contributed by atoms with van der Waals surface area (Å²) in [5.74, 6) is 0. The van der Waals surface area contributed by atoms with Crippen molar-refractivity contribution in [1.82, 2.24) is 9.78 Å². The van der Waals surface area contributed by atoms with Crippen molar-refractivity contribution in [3.05, 3.63) is 44.1 Å². The predicted molar refractivity (Wildman–Crippen MR) is 81.9 cm³/mol. The molecular weight excluding hydrogens is 358 g/mol. The zero-order valence-electron chi connectivity index (χ0n) is 10.6. The van der Waals surface area contributed by atoms with E-state index in [1.54, 1.807) is 0 Å². The SMILES string of the molecule is Cc1cc(NCc2c(Br)c(C)nn2C)ccc1Br. The molecular formula is C13H15Br2N3. The molecule has 0 aliphatic carbocycles. The van der Waals surface area contributed by atoms with Crippen LogP contribution in [0, 0.1) is 13.8 Å². The van der Waals surface area contributed by atoms with Gasteiger partial charge < -0.3 is 5.32 Å². The van der Waals surface area contributed by atoms with Crippen molar-refractivity contribution in [2.75, 3.05) is 5.32 Å². The van der Waals surface area contributed by atoms with Gasteiger partial charge in [0.05, 0.1) is 22.4 Å². The van der Waals surface area contributed by atoms with E-state index in [2.05, 4.69) is 67.4 Å². The van der Waals surface area contributed by atoms with Crippen LogP contribution in [0.2, 0.25) is 0 Å². The Morgan fingerprint density at radius 2 is 2.00 bits per heavy atom. The summed E-state index contributed by atoms with van der Waals surface area (Å²) >= 11 is 7.07. The quantitative estimate of drug-likeness (QED) is 0.875. The first-order chi connectivity index (χ1) is 8.49. The smallest absolute Gasteiger partial charge is 0.0739 e. The lowest BCUT2D eigenvalue weighted by molar-refractivity contribution is 0.712. The molecule has 0 fully saturated rings. The molecule has 1 N–H and O–H groups in total. The minimum atomic E-state index is 0.749. The third kappa shape index (κ3) is 2.78. The van der Waals surface area contributed by atoms with Crippen LogP contribution in [0.1, 0.15) is 17.0 Å². The van der Waals surface area contributed by atoms with Gasteiger partial charge in [0.25, 0.3) is 0 Å². The molecule has 0 spiro atoms. The molecule has 0 saturated heterocycles. The average Bonchev–Trinajstić information content (AvgIpc) is 2.56. The van der Waals surface area contributed by atoms with Crippen LogP contribution in [0.15, 0.2) is 27.1 Å². The number of aromatic nitrogens is 2. The molecule has 2 aromatic rings. The van der Waals surface area contributed by atoms with E-state index in [9.17, 15) is 0 Å². The first kappa shape index (κ1) is 13.6. The first-order valence-electron chi connectivity index (χ1n) is 5.67. The number of hydrogen-bond acceptors (Lipinski definition) is 2. The maximum Gasteiger partial charge on any atom is 0.0739 e. The molecule has 0 atom stereocenters. The number of rotatable bonds is 3. The van der Waals surface area contributed by atoms with E-state index in [-0.39, 0.29) is 0 Å². The van der Waals surface area contributed by atoms with Crippen molar-refractivity contribution in [2.24, 2.45) is 7.05 Å². The van der Waals surface area contributed by atoms with Gasteiger partial charge in [-0.1, -0.05) is 15.9 Å². The summed E-state index contributed by atoms with van der Waals surface area (Å²) in [5, 5.41) is 7.79. The Bertz CT molecular complexity index is 576. The van der Waals surface area contributed by atoms with E-state index in [0.29, 0.717) is 0 Å². The standard InChI is InChI=1S/C13H15Br2N3/c1-8-6-10(4-5-11(8)14)16-7-12-13(15)9(2)17-18(12)3/h4-6,16H,7H2,1-3H3. The Morgan fingerprint density at radius 3 is 2.56 bits per heavy atom. The van der Waals surface area contributed by atoms with E-state index in [1.165, 1.54) is 5.56 Å². The van der Waals surface area contributed by atoms with Crippen LogP contribution in [0.5, 0.6) is 0 Å². The number of nitrogens with one attached hydrogen (secondary N) is 1. The van der Waals surface area contributed by atoms with Crippen LogP contribution in [-0.2, 0) is 13.6 Å². The Labute approximate surface area is 124 Å². The van der Waals surface area contributed by atoms with Crippen molar-refractivity contribution < 1.29 is 0 Å². The van der Waals surface area contributed by atoms with Gasteiger partial charge in [-0.3, -0.25) is 4.68 Å². The summed E-state index contributed by atoms with van der Waals surface area (Å²) in [7, 11) is 1.96. The molecule has 0 radical (unpaired) electrons. The second-order valence-corrected chi connectivity index (χ2v) is 5.93. The average molecular weight is 373 g/mol. The highest BCUT2D eigenvalue weighted by molar-refractivity contribution is 9.10. The molecule has 0 amide bonds. The third-order valence-electron chi connectivity index (χ3n) is 2.88. The lowest BCUT2D eigenvalue weighted by Gasteiger charge is -2.09. The number of nitrogens with zero attached hydrogens (tertiary/aromatic N) is 2. The summed E-state index contributed by atoms with van der Waals surface area (Å²) in [4.78, 5) is 0. The summed E-state index contributed by atoms with van der Waals surface area (Å²) in [6, 6.07) is 6.25. The number of aryl methyl sites for hydroxylation is 3.